The average Bonchev–Trinajstić information content (AvgIpc) is 2.24. The van der Waals surface area contributed by atoms with E-state index in [-0.39, 0.29) is 5.60 Å². The van der Waals surface area contributed by atoms with Crippen LogP contribution in [-0.2, 0) is 11.2 Å². The van der Waals surface area contributed by atoms with Crippen LogP contribution in [0.5, 0.6) is 0 Å². The first-order valence-electron chi connectivity index (χ1n) is 6.17. The lowest BCUT2D eigenvalue weighted by Gasteiger charge is -2.26. The summed E-state index contributed by atoms with van der Waals surface area (Å²) in [6, 6.07) is 10.6. The summed E-state index contributed by atoms with van der Waals surface area (Å²) in [6.45, 7) is 7.67. The summed E-state index contributed by atoms with van der Waals surface area (Å²) in [5.74, 6) is 0.304. The number of rotatable bonds is 7. The fraction of sp³-hybridized carbons (Fsp3) is 0.467. The molecule has 0 aliphatic rings. The van der Waals surface area contributed by atoms with Crippen LogP contribution in [0.4, 0.5) is 0 Å². The van der Waals surface area contributed by atoms with Crippen LogP contribution < -0.4 is 5.73 Å². The highest BCUT2D eigenvalue weighted by molar-refractivity contribution is 5.14. The van der Waals surface area contributed by atoms with Crippen molar-refractivity contribution in [2.75, 3.05) is 0 Å². The Morgan fingerprint density at radius 3 is 2.47 bits per heavy atom. The maximum absolute atomic E-state index is 5.47. The van der Waals surface area contributed by atoms with Gasteiger partial charge in [-0.1, -0.05) is 30.3 Å². The van der Waals surface area contributed by atoms with Gasteiger partial charge in [0.25, 0.3) is 0 Å². The Balaban J connectivity index is 2.22. The lowest BCUT2D eigenvalue weighted by atomic mass is 9.99. The first kappa shape index (κ1) is 13.6. The lowest BCUT2D eigenvalue weighted by molar-refractivity contribution is 0.0246. The van der Waals surface area contributed by atoms with Crippen LogP contribution in [0.1, 0.15) is 38.7 Å². The molecule has 0 amide bonds. The molecule has 1 aromatic rings. The third-order valence-corrected chi connectivity index (χ3v) is 2.74. The van der Waals surface area contributed by atoms with E-state index in [9.17, 15) is 0 Å². The van der Waals surface area contributed by atoms with Crippen molar-refractivity contribution in [1.29, 1.82) is 0 Å². The minimum atomic E-state index is -0.206. The van der Waals surface area contributed by atoms with Crippen molar-refractivity contribution < 1.29 is 4.74 Å². The number of ether oxygens (including phenoxy) is 1. The van der Waals surface area contributed by atoms with Crippen molar-refractivity contribution in [2.24, 2.45) is 5.73 Å². The topological polar surface area (TPSA) is 35.2 Å². The molecule has 0 saturated heterocycles. The lowest BCUT2D eigenvalue weighted by Crippen LogP contribution is -2.25. The van der Waals surface area contributed by atoms with Gasteiger partial charge >= 0.3 is 0 Å². The Labute approximate surface area is 104 Å². The monoisotopic (exact) mass is 233 g/mol. The van der Waals surface area contributed by atoms with E-state index < -0.39 is 0 Å². The van der Waals surface area contributed by atoms with E-state index in [1.807, 2.05) is 19.9 Å². The Morgan fingerprint density at radius 2 is 1.88 bits per heavy atom. The van der Waals surface area contributed by atoms with Crippen LogP contribution in [0.25, 0.3) is 0 Å². The molecule has 0 spiro atoms. The molecule has 0 aliphatic carbocycles. The summed E-state index contributed by atoms with van der Waals surface area (Å²) in [6.07, 6.45) is 4.43. The van der Waals surface area contributed by atoms with E-state index in [1.165, 1.54) is 12.0 Å². The minimum Gasteiger partial charge on any atom is -0.474 e. The second-order valence-electron chi connectivity index (χ2n) is 5.02. The molecule has 1 aromatic carbocycles. The summed E-state index contributed by atoms with van der Waals surface area (Å²) < 4.78 is 5.47. The molecule has 2 N–H and O–H groups in total. The maximum Gasteiger partial charge on any atom is 0.177 e. The largest absolute Gasteiger partial charge is 0.474 e. The van der Waals surface area contributed by atoms with E-state index in [1.54, 1.807) is 0 Å². The Morgan fingerprint density at radius 1 is 1.24 bits per heavy atom. The molecule has 2 heteroatoms. The van der Waals surface area contributed by atoms with E-state index in [0.717, 1.165) is 19.3 Å². The van der Waals surface area contributed by atoms with Gasteiger partial charge in [0.05, 0.1) is 0 Å². The van der Waals surface area contributed by atoms with Gasteiger partial charge in [0.1, 0.15) is 5.60 Å². The number of benzene rings is 1. The molecule has 0 radical (unpaired) electrons. The van der Waals surface area contributed by atoms with Crippen molar-refractivity contribution in [2.45, 2.75) is 45.1 Å². The minimum absolute atomic E-state index is 0.206. The highest BCUT2D eigenvalue weighted by Gasteiger charge is 2.18. The first-order chi connectivity index (χ1) is 7.99. The maximum atomic E-state index is 5.47. The highest BCUT2D eigenvalue weighted by atomic mass is 16.5. The standard InChI is InChI=1S/C15H23NO/c1-13(16)17-15(2,3)12-8-7-11-14-9-5-4-6-10-14/h4-6,9-10H,1,7-8,11-12,16H2,2-3H3. The van der Waals surface area contributed by atoms with Crippen molar-refractivity contribution in [3.63, 3.8) is 0 Å². The molecule has 1 rings (SSSR count). The molecule has 0 heterocycles. The van der Waals surface area contributed by atoms with Crippen molar-refractivity contribution in [1.82, 2.24) is 0 Å². The number of unbranched alkanes of at least 4 members (excludes halogenated alkanes) is 1. The van der Waals surface area contributed by atoms with Gasteiger partial charge < -0.3 is 10.5 Å². The molecule has 0 unspecified atom stereocenters. The molecule has 0 fully saturated rings. The van der Waals surface area contributed by atoms with Crippen molar-refractivity contribution in [3.8, 4) is 0 Å². The van der Waals surface area contributed by atoms with E-state index in [2.05, 4.69) is 30.8 Å². The number of hydrogen-bond acceptors (Lipinski definition) is 2. The van der Waals surface area contributed by atoms with Gasteiger partial charge in [-0.2, -0.15) is 0 Å². The van der Waals surface area contributed by atoms with Gasteiger partial charge in [-0.05, 0) is 51.7 Å². The molecule has 0 aromatic heterocycles. The molecule has 17 heavy (non-hydrogen) atoms. The number of aryl methyl sites for hydroxylation is 1. The van der Waals surface area contributed by atoms with Gasteiger partial charge in [0, 0.05) is 0 Å². The van der Waals surface area contributed by atoms with E-state index in [4.69, 9.17) is 10.5 Å². The molecule has 2 nitrogen and oxygen atoms in total. The zero-order chi connectivity index (χ0) is 12.7. The summed E-state index contributed by atoms with van der Waals surface area (Å²) in [7, 11) is 0. The summed E-state index contributed by atoms with van der Waals surface area (Å²) in [5.41, 5.74) is 6.65. The summed E-state index contributed by atoms with van der Waals surface area (Å²) in [5, 5.41) is 0. The fourth-order valence-electron chi connectivity index (χ4n) is 1.93. The van der Waals surface area contributed by atoms with Crippen LogP contribution in [0.2, 0.25) is 0 Å². The fourth-order valence-corrected chi connectivity index (χ4v) is 1.93. The van der Waals surface area contributed by atoms with Gasteiger partial charge in [-0.15, -0.1) is 0 Å². The highest BCUT2D eigenvalue weighted by Crippen LogP contribution is 2.20. The van der Waals surface area contributed by atoms with Crippen LogP contribution in [0.3, 0.4) is 0 Å². The Hall–Kier alpha value is -1.44. The molecule has 0 atom stereocenters. The second kappa shape index (κ2) is 6.33. The van der Waals surface area contributed by atoms with Gasteiger partial charge in [-0.25, -0.2) is 0 Å². The third-order valence-electron chi connectivity index (χ3n) is 2.74. The average molecular weight is 233 g/mol. The van der Waals surface area contributed by atoms with Gasteiger partial charge in [0.2, 0.25) is 0 Å². The zero-order valence-corrected chi connectivity index (χ0v) is 10.9. The Bertz CT molecular complexity index is 343. The number of nitrogens with two attached hydrogens (primary N) is 1. The summed E-state index contributed by atoms with van der Waals surface area (Å²) in [4.78, 5) is 0. The molecule has 94 valence electrons. The van der Waals surface area contributed by atoms with Crippen LogP contribution in [0.15, 0.2) is 42.8 Å². The molecule has 0 aliphatic heterocycles. The van der Waals surface area contributed by atoms with Gasteiger partial charge in [-0.3, -0.25) is 0 Å². The van der Waals surface area contributed by atoms with E-state index in [0.29, 0.717) is 5.88 Å². The third kappa shape index (κ3) is 6.00. The second-order valence-corrected chi connectivity index (χ2v) is 5.02. The number of hydrogen-bond donors (Lipinski definition) is 1. The van der Waals surface area contributed by atoms with Crippen molar-refractivity contribution >= 4 is 0 Å². The first-order valence-corrected chi connectivity index (χ1v) is 6.17. The molecule has 0 saturated carbocycles. The van der Waals surface area contributed by atoms with Crippen LogP contribution in [0, 0.1) is 0 Å². The molecular formula is C15H23NO. The van der Waals surface area contributed by atoms with Crippen LogP contribution >= 0.6 is 0 Å². The van der Waals surface area contributed by atoms with Crippen LogP contribution in [-0.4, -0.2) is 5.60 Å². The predicted molar refractivity (Wildman–Crippen MR) is 72.5 cm³/mol. The Kier molecular flexibility index (Phi) is 5.08. The molecular weight excluding hydrogens is 210 g/mol. The van der Waals surface area contributed by atoms with E-state index >= 15 is 0 Å². The SMILES string of the molecule is C=C(N)OC(C)(C)CCCCc1ccccc1. The molecule has 0 bridgehead atoms. The summed E-state index contributed by atoms with van der Waals surface area (Å²) >= 11 is 0. The quantitative estimate of drug-likeness (QED) is 0.576. The van der Waals surface area contributed by atoms with Gasteiger partial charge in [0.15, 0.2) is 5.88 Å². The predicted octanol–water partition coefficient (Wildman–Crippen LogP) is 3.62. The smallest absolute Gasteiger partial charge is 0.177 e. The van der Waals surface area contributed by atoms with Crippen molar-refractivity contribution in [3.05, 3.63) is 48.4 Å². The normalized spacial score (nSPS) is 11.2. The zero-order valence-electron chi connectivity index (χ0n) is 10.9.